The molecule has 0 amide bonds. The van der Waals surface area contributed by atoms with Gasteiger partial charge in [-0.2, -0.15) is 0 Å². The first-order chi connectivity index (χ1) is 18.2. The van der Waals surface area contributed by atoms with E-state index in [-0.39, 0.29) is 30.6 Å². The van der Waals surface area contributed by atoms with Gasteiger partial charge in [0.25, 0.3) is 0 Å². The summed E-state index contributed by atoms with van der Waals surface area (Å²) in [7, 11) is -1.11. The van der Waals surface area contributed by atoms with Crippen molar-refractivity contribution in [2.45, 2.75) is 77.4 Å². The number of ether oxygens (including phenoxy) is 2. The van der Waals surface area contributed by atoms with E-state index in [0.29, 0.717) is 13.2 Å². The molecule has 0 aromatic heterocycles. The summed E-state index contributed by atoms with van der Waals surface area (Å²) in [6, 6.07) is 17.5. The molecule has 0 aliphatic carbocycles. The highest BCUT2D eigenvalue weighted by atomic mass is 28.4. The summed E-state index contributed by atoms with van der Waals surface area (Å²) < 4.78 is 18.3. The first-order valence-corrected chi connectivity index (χ1v) is 20.8. The van der Waals surface area contributed by atoms with Crippen LogP contribution in [-0.2, 0) is 9.53 Å². The Labute approximate surface area is 239 Å². The summed E-state index contributed by atoms with van der Waals surface area (Å²) in [4.78, 5) is 2.20. The van der Waals surface area contributed by atoms with E-state index in [1.54, 1.807) is 0 Å². The fourth-order valence-electron chi connectivity index (χ4n) is 4.72. The van der Waals surface area contributed by atoms with Gasteiger partial charge in [-0.1, -0.05) is 45.0 Å². The lowest BCUT2D eigenvalue weighted by Gasteiger charge is -2.32. The zero-order chi connectivity index (χ0) is 29.3. The lowest BCUT2D eigenvalue weighted by Crippen LogP contribution is -2.43. The van der Waals surface area contributed by atoms with Crippen LogP contribution in [0, 0.1) is 5.92 Å². The fraction of sp³-hybridized carbons (Fsp3) is 0.613. The van der Waals surface area contributed by atoms with E-state index in [1.807, 2.05) is 31.2 Å². The average molecular weight is 576 g/mol. The standard InChI is InChI=1S/C31H53NO5Si2/c1-25(21-33)23-35-29-15-11-26(12-16-29)31(2,3)27-13-17-30(18-14-27)36-24-28(22-34)32(4)19-10-20-39(8,9)37-38(5,6)7/h11-18,25,28,33-34H,10,19-24H2,1-9H3. The molecule has 0 bridgehead atoms. The van der Waals surface area contributed by atoms with Crippen LogP contribution in [0.25, 0.3) is 0 Å². The maximum Gasteiger partial charge on any atom is 0.173 e. The Morgan fingerprint density at radius 1 is 0.795 bits per heavy atom. The quantitative estimate of drug-likeness (QED) is 0.221. The molecule has 2 aromatic rings. The minimum Gasteiger partial charge on any atom is -0.493 e. The molecule has 0 aliphatic rings. The van der Waals surface area contributed by atoms with Gasteiger partial charge in [-0.3, -0.25) is 4.90 Å². The van der Waals surface area contributed by atoms with Crippen molar-refractivity contribution in [3.8, 4) is 11.5 Å². The van der Waals surface area contributed by atoms with Crippen LogP contribution in [-0.4, -0.2) is 77.8 Å². The minimum atomic E-state index is -1.65. The summed E-state index contributed by atoms with van der Waals surface area (Å²) in [5.74, 6) is 1.73. The van der Waals surface area contributed by atoms with Crippen molar-refractivity contribution in [3.05, 3.63) is 59.7 Å². The second-order valence-corrected chi connectivity index (χ2v) is 22.0. The molecule has 0 saturated carbocycles. The van der Waals surface area contributed by atoms with Gasteiger partial charge in [0.1, 0.15) is 18.1 Å². The molecular formula is C31H53NO5Si2. The van der Waals surface area contributed by atoms with Crippen molar-refractivity contribution < 1.29 is 23.8 Å². The van der Waals surface area contributed by atoms with Crippen molar-refractivity contribution in [2.75, 3.05) is 40.0 Å². The summed E-state index contributed by atoms with van der Waals surface area (Å²) in [6.45, 7) is 19.8. The predicted molar refractivity (Wildman–Crippen MR) is 167 cm³/mol. The van der Waals surface area contributed by atoms with Gasteiger partial charge in [-0.25, -0.2) is 0 Å². The first-order valence-electron chi connectivity index (χ1n) is 14.3. The van der Waals surface area contributed by atoms with Crippen LogP contribution in [0.1, 0.15) is 38.3 Å². The van der Waals surface area contributed by atoms with Gasteiger partial charge in [-0.15, -0.1) is 0 Å². The number of benzene rings is 2. The Balaban J connectivity index is 1.90. The highest BCUT2D eigenvalue weighted by molar-refractivity contribution is 6.84. The number of rotatable bonds is 17. The molecule has 2 atom stereocenters. The van der Waals surface area contributed by atoms with Crippen molar-refractivity contribution in [3.63, 3.8) is 0 Å². The van der Waals surface area contributed by atoms with Gasteiger partial charge in [0.05, 0.1) is 19.3 Å². The molecule has 39 heavy (non-hydrogen) atoms. The number of aliphatic hydroxyl groups excluding tert-OH is 2. The van der Waals surface area contributed by atoms with Gasteiger partial charge in [-0.05, 0) is 94.2 Å². The second-order valence-electron chi connectivity index (χ2n) is 13.0. The monoisotopic (exact) mass is 575 g/mol. The normalized spacial score (nSPS) is 14.4. The topological polar surface area (TPSA) is 71.4 Å². The van der Waals surface area contributed by atoms with Gasteiger partial charge in [0.15, 0.2) is 16.6 Å². The number of hydrogen-bond donors (Lipinski definition) is 2. The minimum absolute atomic E-state index is 0.0510. The molecular weight excluding hydrogens is 523 g/mol. The molecule has 2 rings (SSSR count). The largest absolute Gasteiger partial charge is 0.493 e. The maximum absolute atomic E-state index is 10.0. The number of aliphatic hydroxyl groups is 2. The van der Waals surface area contributed by atoms with Crippen LogP contribution in [0.4, 0.5) is 0 Å². The number of hydrogen-bond acceptors (Lipinski definition) is 6. The van der Waals surface area contributed by atoms with Crippen molar-refractivity contribution in [2.24, 2.45) is 5.92 Å². The van der Waals surface area contributed by atoms with Gasteiger partial charge in [0, 0.05) is 17.9 Å². The summed E-state index contributed by atoms with van der Waals surface area (Å²) in [5, 5.41) is 19.2. The molecule has 0 aliphatic heterocycles. The Hall–Kier alpha value is -1.69. The lowest BCUT2D eigenvalue weighted by molar-refractivity contribution is 0.101. The summed E-state index contributed by atoms with van der Waals surface area (Å²) in [6.07, 6.45) is 1.06. The van der Waals surface area contributed by atoms with Crippen LogP contribution < -0.4 is 9.47 Å². The van der Waals surface area contributed by atoms with Crippen molar-refractivity contribution in [1.29, 1.82) is 0 Å². The van der Waals surface area contributed by atoms with E-state index in [9.17, 15) is 10.2 Å². The van der Waals surface area contributed by atoms with Crippen LogP contribution in [0.15, 0.2) is 48.5 Å². The van der Waals surface area contributed by atoms with Crippen molar-refractivity contribution >= 4 is 16.6 Å². The molecule has 2 unspecified atom stereocenters. The number of nitrogens with zero attached hydrogens (tertiary/aromatic N) is 1. The Morgan fingerprint density at radius 3 is 1.72 bits per heavy atom. The average Bonchev–Trinajstić information content (AvgIpc) is 2.86. The SMILES string of the molecule is CC(CO)COc1ccc(C(C)(C)c2ccc(OCC(CO)N(C)CCC[Si](C)(C)O[Si](C)(C)C)cc2)cc1. The van der Waals surface area contributed by atoms with Crippen molar-refractivity contribution in [1.82, 2.24) is 4.90 Å². The predicted octanol–water partition coefficient (Wildman–Crippen LogP) is 6.14. The molecule has 0 spiro atoms. The van der Waals surface area contributed by atoms with Crippen LogP contribution in [0.5, 0.6) is 11.5 Å². The van der Waals surface area contributed by atoms with Gasteiger partial charge >= 0.3 is 0 Å². The van der Waals surface area contributed by atoms with E-state index in [2.05, 4.69) is 82.8 Å². The van der Waals surface area contributed by atoms with E-state index < -0.39 is 16.6 Å². The maximum atomic E-state index is 10.0. The summed E-state index contributed by atoms with van der Waals surface area (Å²) in [5.41, 5.74) is 2.21. The molecule has 0 fully saturated rings. The summed E-state index contributed by atoms with van der Waals surface area (Å²) >= 11 is 0. The molecule has 0 radical (unpaired) electrons. The molecule has 8 heteroatoms. The fourth-order valence-corrected chi connectivity index (χ4v) is 12.8. The van der Waals surface area contributed by atoms with Crippen LogP contribution in [0.2, 0.25) is 38.8 Å². The number of likely N-dealkylation sites (N-methyl/N-ethyl adjacent to an activating group) is 1. The highest BCUT2D eigenvalue weighted by Gasteiger charge is 2.29. The zero-order valence-electron chi connectivity index (χ0n) is 25.8. The van der Waals surface area contributed by atoms with Gasteiger partial charge in [0.2, 0.25) is 0 Å². The van der Waals surface area contributed by atoms with Crippen LogP contribution in [0.3, 0.4) is 0 Å². The molecule has 0 saturated heterocycles. The third-order valence-electron chi connectivity index (χ3n) is 7.15. The molecule has 0 heterocycles. The lowest BCUT2D eigenvalue weighted by atomic mass is 9.78. The van der Waals surface area contributed by atoms with E-state index in [1.165, 1.54) is 11.1 Å². The van der Waals surface area contributed by atoms with E-state index in [0.717, 1.165) is 30.5 Å². The Bertz CT molecular complexity index is 974. The molecule has 2 N–H and O–H groups in total. The van der Waals surface area contributed by atoms with E-state index in [4.69, 9.17) is 13.6 Å². The zero-order valence-corrected chi connectivity index (χ0v) is 27.8. The molecule has 2 aromatic carbocycles. The van der Waals surface area contributed by atoms with E-state index >= 15 is 0 Å². The Kier molecular flexibility index (Phi) is 12.7. The molecule has 220 valence electrons. The van der Waals surface area contributed by atoms with Gasteiger partial charge < -0.3 is 23.8 Å². The first kappa shape index (κ1) is 33.5. The highest BCUT2D eigenvalue weighted by Crippen LogP contribution is 2.33. The molecule has 6 nitrogen and oxygen atoms in total. The third-order valence-corrected chi connectivity index (χ3v) is 13.4. The smallest absolute Gasteiger partial charge is 0.173 e. The third kappa shape index (κ3) is 11.4. The Morgan fingerprint density at radius 2 is 1.28 bits per heavy atom. The second kappa shape index (κ2) is 14.8. The van der Waals surface area contributed by atoms with Crippen LogP contribution >= 0.6 is 0 Å².